The van der Waals surface area contributed by atoms with E-state index in [9.17, 15) is 8.42 Å². The second kappa shape index (κ2) is 5.85. The zero-order valence-electron chi connectivity index (χ0n) is 11.4. The molecule has 2 N–H and O–H groups in total. The molecule has 0 aliphatic rings. The second-order valence-electron chi connectivity index (χ2n) is 4.61. The molecule has 0 saturated heterocycles. The predicted molar refractivity (Wildman–Crippen MR) is 83.8 cm³/mol. The summed E-state index contributed by atoms with van der Waals surface area (Å²) >= 11 is 12.1. The number of hydrogen-bond acceptors (Lipinski definition) is 3. The zero-order valence-corrected chi connectivity index (χ0v) is 13.7. The molecule has 0 amide bonds. The average molecular weight is 346 g/mol. The van der Waals surface area contributed by atoms with E-state index in [-0.39, 0.29) is 9.92 Å². The predicted octanol–water partition coefficient (Wildman–Crippen LogP) is 4.05. The Kier molecular flexibility index (Phi) is 4.49. The summed E-state index contributed by atoms with van der Waals surface area (Å²) in [6, 6.07) is 7.61. The fourth-order valence-corrected chi connectivity index (χ4v) is 2.77. The van der Waals surface area contributed by atoms with E-state index in [0.29, 0.717) is 16.5 Å². The lowest BCUT2D eigenvalue weighted by Gasteiger charge is -2.11. The van der Waals surface area contributed by atoms with Gasteiger partial charge in [-0.15, -0.1) is 0 Å². The Balaban J connectivity index is 2.37. The molecule has 0 aromatic heterocycles. The maximum absolute atomic E-state index is 11.2. The number of hydrogen-bond donors (Lipinski definition) is 1. The third kappa shape index (κ3) is 3.68. The van der Waals surface area contributed by atoms with E-state index < -0.39 is 10.0 Å². The van der Waals surface area contributed by atoms with Crippen LogP contribution in [-0.2, 0) is 10.0 Å². The van der Waals surface area contributed by atoms with Crippen molar-refractivity contribution in [2.24, 2.45) is 5.14 Å². The summed E-state index contributed by atoms with van der Waals surface area (Å²) in [6.07, 6.45) is 0. The summed E-state index contributed by atoms with van der Waals surface area (Å²) < 4.78 is 28.2. The van der Waals surface area contributed by atoms with Crippen LogP contribution in [0.2, 0.25) is 10.0 Å². The Hall–Kier alpha value is -1.27. The standard InChI is InChI=1S/C14H13Cl2NO3S/c1-8-5-10(6-9(2)14(8)16)20-13-4-3-11(7-12(13)15)21(17,18)19/h3-7H,1-2H3,(H2,17,18,19). The van der Waals surface area contributed by atoms with Crippen LogP contribution in [0.15, 0.2) is 35.2 Å². The van der Waals surface area contributed by atoms with Crippen LogP contribution in [-0.4, -0.2) is 8.42 Å². The van der Waals surface area contributed by atoms with Gasteiger partial charge in [0.2, 0.25) is 10.0 Å². The quantitative estimate of drug-likeness (QED) is 0.911. The number of nitrogens with two attached hydrogens (primary N) is 1. The first-order chi connectivity index (χ1) is 9.68. The van der Waals surface area contributed by atoms with Gasteiger partial charge in [-0.25, -0.2) is 13.6 Å². The van der Waals surface area contributed by atoms with Crippen LogP contribution in [0.3, 0.4) is 0 Å². The molecule has 4 nitrogen and oxygen atoms in total. The van der Waals surface area contributed by atoms with Crippen LogP contribution in [0.4, 0.5) is 0 Å². The lowest BCUT2D eigenvalue weighted by atomic mass is 10.1. The molecule has 7 heteroatoms. The first kappa shape index (κ1) is 16.1. The average Bonchev–Trinajstić information content (AvgIpc) is 2.37. The lowest BCUT2D eigenvalue weighted by molar-refractivity contribution is 0.481. The van der Waals surface area contributed by atoms with Crippen molar-refractivity contribution in [3.8, 4) is 11.5 Å². The van der Waals surface area contributed by atoms with E-state index in [1.807, 2.05) is 13.8 Å². The Labute approximate surface area is 133 Å². The van der Waals surface area contributed by atoms with Gasteiger partial charge in [0.25, 0.3) is 0 Å². The molecule has 0 unspecified atom stereocenters. The largest absolute Gasteiger partial charge is 0.456 e. The Morgan fingerprint density at radius 3 is 2.10 bits per heavy atom. The Morgan fingerprint density at radius 1 is 1.05 bits per heavy atom. The van der Waals surface area contributed by atoms with Crippen LogP contribution in [0.25, 0.3) is 0 Å². The smallest absolute Gasteiger partial charge is 0.238 e. The first-order valence-electron chi connectivity index (χ1n) is 5.95. The molecule has 21 heavy (non-hydrogen) atoms. The number of ether oxygens (including phenoxy) is 1. The zero-order chi connectivity index (χ0) is 15.8. The van der Waals surface area contributed by atoms with Crippen LogP contribution < -0.4 is 9.88 Å². The Bertz CT molecular complexity index is 781. The van der Waals surface area contributed by atoms with Gasteiger partial charge in [-0.05, 0) is 55.3 Å². The van der Waals surface area contributed by atoms with Crippen molar-refractivity contribution in [1.29, 1.82) is 0 Å². The molecular formula is C14H13Cl2NO3S. The van der Waals surface area contributed by atoms with Gasteiger partial charge in [0.15, 0.2) is 0 Å². The lowest BCUT2D eigenvalue weighted by Crippen LogP contribution is -2.11. The van der Waals surface area contributed by atoms with Crippen molar-refractivity contribution in [1.82, 2.24) is 0 Å². The maximum Gasteiger partial charge on any atom is 0.238 e. The van der Waals surface area contributed by atoms with Gasteiger partial charge < -0.3 is 4.74 Å². The van der Waals surface area contributed by atoms with E-state index in [0.717, 1.165) is 11.1 Å². The fourth-order valence-electron chi connectivity index (χ4n) is 1.83. The monoisotopic (exact) mass is 345 g/mol. The molecule has 0 fully saturated rings. The van der Waals surface area contributed by atoms with Crippen molar-refractivity contribution < 1.29 is 13.2 Å². The van der Waals surface area contributed by atoms with Gasteiger partial charge in [-0.2, -0.15) is 0 Å². The van der Waals surface area contributed by atoms with Crippen LogP contribution in [0.1, 0.15) is 11.1 Å². The van der Waals surface area contributed by atoms with Crippen LogP contribution in [0.5, 0.6) is 11.5 Å². The van der Waals surface area contributed by atoms with Crippen molar-refractivity contribution >= 4 is 33.2 Å². The third-order valence-electron chi connectivity index (χ3n) is 2.87. The molecule has 0 bridgehead atoms. The highest BCUT2D eigenvalue weighted by atomic mass is 35.5. The van der Waals surface area contributed by atoms with E-state index in [1.165, 1.54) is 18.2 Å². The number of rotatable bonds is 3. The fraction of sp³-hybridized carbons (Fsp3) is 0.143. The van der Waals surface area contributed by atoms with Crippen molar-refractivity contribution in [2.75, 3.05) is 0 Å². The normalized spacial score (nSPS) is 11.5. The third-order valence-corrected chi connectivity index (χ3v) is 4.67. The molecular weight excluding hydrogens is 333 g/mol. The molecule has 112 valence electrons. The first-order valence-corrected chi connectivity index (χ1v) is 8.25. The van der Waals surface area contributed by atoms with Gasteiger partial charge in [-0.1, -0.05) is 23.2 Å². The van der Waals surface area contributed by atoms with Gasteiger partial charge >= 0.3 is 0 Å². The summed E-state index contributed by atoms with van der Waals surface area (Å²) in [5.74, 6) is 0.907. The van der Waals surface area contributed by atoms with E-state index in [2.05, 4.69) is 0 Å². The van der Waals surface area contributed by atoms with Crippen molar-refractivity contribution in [3.63, 3.8) is 0 Å². The Morgan fingerprint density at radius 2 is 1.62 bits per heavy atom. The molecule has 0 aliphatic heterocycles. The van der Waals surface area contributed by atoms with Gasteiger partial charge in [0.1, 0.15) is 11.5 Å². The number of primary sulfonamides is 1. The molecule has 0 atom stereocenters. The molecule has 0 spiro atoms. The highest BCUT2D eigenvalue weighted by Crippen LogP contribution is 2.33. The van der Waals surface area contributed by atoms with Gasteiger partial charge in [0.05, 0.1) is 9.92 Å². The maximum atomic E-state index is 11.2. The molecule has 0 saturated carbocycles. The van der Waals surface area contributed by atoms with Crippen LogP contribution in [0, 0.1) is 13.8 Å². The number of sulfonamides is 1. The molecule has 2 aromatic carbocycles. The van der Waals surface area contributed by atoms with Crippen LogP contribution >= 0.6 is 23.2 Å². The number of aryl methyl sites for hydroxylation is 2. The summed E-state index contributed by atoms with van der Waals surface area (Å²) in [5, 5.41) is 5.88. The second-order valence-corrected chi connectivity index (χ2v) is 6.96. The summed E-state index contributed by atoms with van der Waals surface area (Å²) in [5.41, 5.74) is 1.76. The van der Waals surface area contributed by atoms with E-state index in [4.69, 9.17) is 33.1 Å². The van der Waals surface area contributed by atoms with E-state index in [1.54, 1.807) is 12.1 Å². The van der Waals surface area contributed by atoms with Crippen molar-refractivity contribution in [3.05, 3.63) is 51.5 Å². The minimum absolute atomic E-state index is 0.0664. The molecule has 0 aliphatic carbocycles. The SMILES string of the molecule is Cc1cc(Oc2ccc(S(N)(=O)=O)cc2Cl)cc(C)c1Cl. The summed E-state index contributed by atoms with van der Waals surface area (Å²) in [4.78, 5) is -0.0664. The molecule has 0 heterocycles. The van der Waals surface area contributed by atoms with Crippen molar-refractivity contribution in [2.45, 2.75) is 18.7 Å². The summed E-state index contributed by atoms with van der Waals surface area (Å²) in [6.45, 7) is 3.74. The van der Waals surface area contributed by atoms with E-state index >= 15 is 0 Å². The van der Waals surface area contributed by atoms with Gasteiger partial charge in [0, 0.05) is 5.02 Å². The number of halogens is 2. The van der Waals surface area contributed by atoms with Gasteiger partial charge in [-0.3, -0.25) is 0 Å². The topological polar surface area (TPSA) is 69.4 Å². The molecule has 2 aromatic rings. The minimum atomic E-state index is -3.79. The molecule has 2 rings (SSSR count). The molecule has 0 radical (unpaired) electrons. The number of benzene rings is 2. The summed E-state index contributed by atoms with van der Waals surface area (Å²) in [7, 11) is -3.79. The minimum Gasteiger partial charge on any atom is -0.456 e. The highest BCUT2D eigenvalue weighted by Gasteiger charge is 2.12. The highest BCUT2D eigenvalue weighted by molar-refractivity contribution is 7.89.